The molecule has 1 unspecified atom stereocenters. The van der Waals surface area contributed by atoms with E-state index in [0.29, 0.717) is 12.0 Å². The number of likely N-dealkylation sites (tertiary alicyclic amines) is 1. The molecule has 1 aliphatic heterocycles. The van der Waals surface area contributed by atoms with Gasteiger partial charge < -0.3 is 15.4 Å². The molecule has 1 saturated heterocycles. The van der Waals surface area contributed by atoms with E-state index in [1.54, 1.807) is 0 Å². The number of nitrogens with two attached hydrogens (primary N) is 1. The molecule has 108 valence electrons. The van der Waals surface area contributed by atoms with Crippen LogP contribution in [-0.2, 0) is 4.74 Å². The third-order valence-electron chi connectivity index (χ3n) is 4.24. The molecular weight excluding hydrogens is 224 g/mol. The monoisotopic (exact) mass is 256 g/mol. The smallest absolute Gasteiger partial charge is 0.0709 e. The zero-order chi connectivity index (χ0) is 13.6. The van der Waals surface area contributed by atoms with Gasteiger partial charge in [0.2, 0.25) is 0 Å². The van der Waals surface area contributed by atoms with E-state index in [2.05, 4.69) is 25.7 Å². The summed E-state index contributed by atoms with van der Waals surface area (Å²) in [5.74, 6) is 0.881. The normalized spacial score (nSPS) is 21.2. The topological polar surface area (TPSA) is 38.5 Å². The third-order valence-corrected chi connectivity index (χ3v) is 4.24. The molecule has 0 aromatic carbocycles. The van der Waals surface area contributed by atoms with E-state index in [-0.39, 0.29) is 6.10 Å². The fourth-order valence-electron chi connectivity index (χ4n) is 2.85. The maximum Gasteiger partial charge on any atom is 0.0709 e. The second-order valence-electron chi connectivity index (χ2n) is 6.58. The molecule has 0 aromatic rings. The van der Waals surface area contributed by atoms with E-state index in [0.717, 1.165) is 25.5 Å². The van der Waals surface area contributed by atoms with Crippen molar-refractivity contribution >= 4 is 0 Å². The Morgan fingerprint density at radius 3 is 2.33 bits per heavy atom. The molecule has 0 amide bonds. The first-order chi connectivity index (χ1) is 8.47. The Morgan fingerprint density at radius 2 is 1.89 bits per heavy atom. The Morgan fingerprint density at radius 1 is 1.28 bits per heavy atom. The van der Waals surface area contributed by atoms with Crippen molar-refractivity contribution in [2.24, 2.45) is 17.1 Å². The molecule has 18 heavy (non-hydrogen) atoms. The van der Waals surface area contributed by atoms with Gasteiger partial charge in [-0.1, -0.05) is 20.8 Å². The summed E-state index contributed by atoms with van der Waals surface area (Å²) >= 11 is 0. The van der Waals surface area contributed by atoms with Crippen LogP contribution in [0.15, 0.2) is 0 Å². The number of rotatable bonds is 6. The van der Waals surface area contributed by atoms with Gasteiger partial charge in [0.1, 0.15) is 0 Å². The molecule has 0 saturated carbocycles. The van der Waals surface area contributed by atoms with Crippen molar-refractivity contribution in [1.82, 2.24) is 4.90 Å². The summed E-state index contributed by atoms with van der Waals surface area (Å²) < 4.78 is 5.61. The van der Waals surface area contributed by atoms with Crippen molar-refractivity contribution < 1.29 is 4.74 Å². The molecule has 1 rings (SSSR count). The molecule has 3 nitrogen and oxygen atoms in total. The molecule has 1 heterocycles. The Hall–Kier alpha value is -0.120. The van der Waals surface area contributed by atoms with Gasteiger partial charge in [0.25, 0.3) is 0 Å². The van der Waals surface area contributed by atoms with Crippen molar-refractivity contribution in [2.75, 3.05) is 32.8 Å². The minimum absolute atomic E-state index is 0.246. The quantitative estimate of drug-likeness (QED) is 0.793. The van der Waals surface area contributed by atoms with Crippen LogP contribution >= 0.6 is 0 Å². The van der Waals surface area contributed by atoms with Crippen molar-refractivity contribution in [3.05, 3.63) is 0 Å². The van der Waals surface area contributed by atoms with Gasteiger partial charge >= 0.3 is 0 Å². The highest BCUT2D eigenvalue weighted by Crippen LogP contribution is 2.34. The fourth-order valence-corrected chi connectivity index (χ4v) is 2.85. The molecule has 0 aliphatic carbocycles. The first-order valence-electron chi connectivity index (χ1n) is 7.51. The van der Waals surface area contributed by atoms with Gasteiger partial charge in [-0.2, -0.15) is 0 Å². The van der Waals surface area contributed by atoms with Crippen LogP contribution in [0, 0.1) is 11.3 Å². The van der Waals surface area contributed by atoms with Crippen LogP contribution in [0.5, 0.6) is 0 Å². The molecule has 3 heteroatoms. The van der Waals surface area contributed by atoms with Gasteiger partial charge in [-0.15, -0.1) is 0 Å². The van der Waals surface area contributed by atoms with E-state index < -0.39 is 0 Å². The Balaban J connectivity index is 2.23. The van der Waals surface area contributed by atoms with Gasteiger partial charge in [-0.3, -0.25) is 0 Å². The molecule has 0 bridgehead atoms. The zero-order valence-electron chi connectivity index (χ0n) is 12.7. The minimum Gasteiger partial charge on any atom is -0.377 e. The Bertz CT molecular complexity index is 217. The first-order valence-corrected chi connectivity index (χ1v) is 7.51. The van der Waals surface area contributed by atoms with E-state index in [1.807, 2.05) is 6.92 Å². The summed E-state index contributed by atoms with van der Waals surface area (Å²) in [7, 11) is 0. The molecule has 1 aliphatic rings. The summed E-state index contributed by atoms with van der Waals surface area (Å²) in [6, 6.07) is 0. The molecule has 0 spiro atoms. The van der Waals surface area contributed by atoms with E-state index in [9.17, 15) is 0 Å². The van der Waals surface area contributed by atoms with Crippen LogP contribution in [0.3, 0.4) is 0 Å². The lowest BCUT2D eigenvalue weighted by molar-refractivity contribution is 0.0456. The lowest BCUT2D eigenvalue weighted by atomic mass is 9.75. The first kappa shape index (κ1) is 15.9. The van der Waals surface area contributed by atoms with Crippen molar-refractivity contribution in [2.45, 2.75) is 53.1 Å². The SMILES string of the molecule is CCOC(CN)CCN1CCC(C(C)(C)C)CC1. The molecule has 1 atom stereocenters. The Labute approximate surface area is 113 Å². The van der Waals surface area contributed by atoms with Crippen LogP contribution in [0.25, 0.3) is 0 Å². The summed E-state index contributed by atoms with van der Waals surface area (Å²) in [6.45, 7) is 14.2. The zero-order valence-corrected chi connectivity index (χ0v) is 12.7. The Kier molecular flexibility index (Phi) is 6.61. The predicted octanol–water partition coefficient (Wildman–Crippen LogP) is 2.50. The maximum absolute atomic E-state index is 5.71. The second kappa shape index (κ2) is 7.46. The molecular formula is C15H32N2O. The minimum atomic E-state index is 0.246. The van der Waals surface area contributed by atoms with Gasteiger partial charge in [0.15, 0.2) is 0 Å². The van der Waals surface area contributed by atoms with Gasteiger partial charge in [0, 0.05) is 19.7 Å². The second-order valence-corrected chi connectivity index (χ2v) is 6.58. The van der Waals surface area contributed by atoms with Crippen molar-refractivity contribution in [1.29, 1.82) is 0 Å². The number of hydrogen-bond donors (Lipinski definition) is 1. The highest BCUT2D eigenvalue weighted by molar-refractivity contribution is 4.81. The number of nitrogens with zero attached hydrogens (tertiary/aromatic N) is 1. The van der Waals surface area contributed by atoms with Crippen LogP contribution in [0.1, 0.15) is 47.0 Å². The predicted molar refractivity (Wildman–Crippen MR) is 77.7 cm³/mol. The number of ether oxygens (including phenoxy) is 1. The van der Waals surface area contributed by atoms with Crippen LogP contribution in [0.4, 0.5) is 0 Å². The maximum atomic E-state index is 5.71. The lowest BCUT2D eigenvalue weighted by Crippen LogP contribution is -2.40. The summed E-state index contributed by atoms with van der Waals surface area (Å²) in [4.78, 5) is 2.57. The van der Waals surface area contributed by atoms with Crippen LogP contribution in [0.2, 0.25) is 0 Å². The summed E-state index contributed by atoms with van der Waals surface area (Å²) in [5, 5.41) is 0. The number of hydrogen-bond acceptors (Lipinski definition) is 3. The molecule has 1 fully saturated rings. The van der Waals surface area contributed by atoms with E-state index >= 15 is 0 Å². The third kappa shape index (κ3) is 5.25. The van der Waals surface area contributed by atoms with Crippen LogP contribution in [-0.4, -0.2) is 43.8 Å². The average molecular weight is 256 g/mol. The molecule has 2 N–H and O–H groups in total. The molecule has 0 aromatic heterocycles. The van der Waals surface area contributed by atoms with Crippen molar-refractivity contribution in [3.63, 3.8) is 0 Å². The summed E-state index contributed by atoms with van der Waals surface area (Å²) in [6.07, 6.45) is 4.00. The standard InChI is InChI=1S/C15H32N2O/c1-5-18-14(12-16)8-11-17-9-6-13(7-10-17)15(2,3)4/h13-14H,5-12,16H2,1-4H3. The number of piperidine rings is 1. The average Bonchev–Trinajstić information content (AvgIpc) is 2.34. The highest BCUT2D eigenvalue weighted by Gasteiger charge is 2.28. The van der Waals surface area contributed by atoms with Gasteiger partial charge in [0.05, 0.1) is 6.10 Å². The van der Waals surface area contributed by atoms with Gasteiger partial charge in [-0.25, -0.2) is 0 Å². The summed E-state index contributed by atoms with van der Waals surface area (Å²) in [5.41, 5.74) is 6.18. The van der Waals surface area contributed by atoms with Gasteiger partial charge in [-0.05, 0) is 50.6 Å². The van der Waals surface area contributed by atoms with Crippen molar-refractivity contribution in [3.8, 4) is 0 Å². The largest absolute Gasteiger partial charge is 0.377 e. The van der Waals surface area contributed by atoms with E-state index in [4.69, 9.17) is 10.5 Å². The van der Waals surface area contributed by atoms with E-state index in [1.165, 1.54) is 25.9 Å². The fraction of sp³-hybridized carbons (Fsp3) is 1.00. The molecule has 0 radical (unpaired) electrons. The lowest BCUT2D eigenvalue weighted by Gasteiger charge is -2.39. The highest BCUT2D eigenvalue weighted by atomic mass is 16.5. The van der Waals surface area contributed by atoms with Crippen LogP contribution < -0.4 is 5.73 Å².